The minimum absolute atomic E-state index is 0.826. The number of benzene rings is 2. The van der Waals surface area contributed by atoms with Crippen molar-refractivity contribution in [2.75, 3.05) is 17.7 Å². The fraction of sp³-hybridized carbons (Fsp3) is 0.200. The monoisotopic (exact) mass is 304 g/mol. The van der Waals surface area contributed by atoms with Crippen molar-refractivity contribution >= 4 is 27.3 Å². The molecule has 0 atom stereocenters. The van der Waals surface area contributed by atoms with Gasteiger partial charge in [-0.15, -0.1) is 0 Å². The van der Waals surface area contributed by atoms with Gasteiger partial charge in [0.15, 0.2) is 0 Å². The highest BCUT2D eigenvalue weighted by molar-refractivity contribution is 9.10. The van der Waals surface area contributed by atoms with Crippen molar-refractivity contribution in [3.8, 4) is 0 Å². The quantitative estimate of drug-likeness (QED) is 0.869. The van der Waals surface area contributed by atoms with E-state index in [1.165, 1.54) is 11.1 Å². The van der Waals surface area contributed by atoms with Gasteiger partial charge in [-0.2, -0.15) is 0 Å². The minimum atomic E-state index is 0.826. The van der Waals surface area contributed by atoms with E-state index in [4.69, 9.17) is 5.73 Å². The van der Waals surface area contributed by atoms with Crippen LogP contribution >= 0.6 is 15.9 Å². The zero-order valence-corrected chi connectivity index (χ0v) is 12.2. The van der Waals surface area contributed by atoms with Gasteiger partial charge in [-0.1, -0.05) is 34.1 Å². The zero-order chi connectivity index (χ0) is 13.1. The Hall–Kier alpha value is -1.48. The number of nitrogens with zero attached hydrogens (tertiary/aromatic N) is 1. The van der Waals surface area contributed by atoms with Gasteiger partial charge >= 0.3 is 0 Å². The molecule has 0 spiro atoms. The first-order valence-electron chi connectivity index (χ1n) is 5.88. The molecule has 2 nitrogen and oxygen atoms in total. The molecule has 2 rings (SSSR count). The number of aryl methyl sites for hydroxylation is 1. The van der Waals surface area contributed by atoms with E-state index in [9.17, 15) is 0 Å². The molecule has 0 fully saturated rings. The lowest BCUT2D eigenvalue weighted by Crippen LogP contribution is -2.17. The van der Waals surface area contributed by atoms with Gasteiger partial charge < -0.3 is 10.6 Å². The molecule has 2 N–H and O–H groups in total. The van der Waals surface area contributed by atoms with E-state index in [2.05, 4.69) is 59.1 Å². The van der Waals surface area contributed by atoms with Gasteiger partial charge in [0.2, 0.25) is 0 Å². The lowest BCUT2D eigenvalue weighted by Gasteiger charge is -2.21. The topological polar surface area (TPSA) is 29.3 Å². The van der Waals surface area contributed by atoms with E-state index in [0.717, 1.165) is 22.4 Å². The van der Waals surface area contributed by atoms with Gasteiger partial charge in [-0.25, -0.2) is 0 Å². The number of halogens is 1. The number of nitrogens with two attached hydrogens (primary N) is 1. The van der Waals surface area contributed by atoms with Crippen molar-refractivity contribution in [3.05, 3.63) is 58.1 Å². The smallest absolute Gasteiger partial charge is 0.0600 e. The summed E-state index contributed by atoms with van der Waals surface area (Å²) in [6.07, 6.45) is 0. The predicted molar refractivity (Wildman–Crippen MR) is 81.8 cm³/mol. The average Bonchev–Trinajstić information content (AvgIpc) is 2.28. The summed E-state index contributed by atoms with van der Waals surface area (Å²) < 4.78 is 1.10. The first-order valence-corrected chi connectivity index (χ1v) is 6.67. The second kappa shape index (κ2) is 5.44. The SMILES string of the molecule is Cc1ccc(N(C)Cc2cccc(Br)c2)c(N)c1. The normalized spacial score (nSPS) is 10.4. The fourth-order valence-electron chi connectivity index (χ4n) is 2.02. The Kier molecular flexibility index (Phi) is 3.92. The highest BCUT2D eigenvalue weighted by atomic mass is 79.9. The standard InChI is InChI=1S/C15H17BrN2/c1-11-6-7-15(14(17)8-11)18(2)10-12-4-3-5-13(16)9-12/h3-9H,10,17H2,1-2H3. The van der Waals surface area contributed by atoms with E-state index >= 15 is 0 Å². The zero-order valence-electron chi connectivity index (χ0n) is 10.7. The number of rotatable bonds is 3. The van der Waals surface area contributed by atoms with Crippen LogP contribution < -0.4 is 10.6 Å². The van der Waals surface area contributed by atoms with Gasteiger partial charge in [0.05, 0.1) is 11.4 Å². The maximum absolute atomic E-state index is 6.05. The molecule has 0 aliphatic heterocycles. The van der Waals surface area contributed by atoms with Crippen LogP contribution in [0.5, 0.6) is 0 Å². The Labute approximate surface area is 117 Å². The Morgan fingerprint density at radius 2 is 1.94 bits per heavy atom. The Bertz CT molecular complexity index is 552. The molecule has 0 radical (unpaired) electrons. The van der Waals surface area contributed by atoms with Crippen LogP contribution in [0.1, 0.15) is 11.1 Å². The third-order valence-corrected chi connectivity index (χ3v) is 3.40. The van der Waals surface area contributed by atoms with Crippen molar-refractivity contribution in [3.63, 3.8) is 0 Å². The lowest BCUT2D eigenvalue weighted by atomic mass is 10.1. The Morgan fingerprint density at radius 1 is 1.17 bits per heavy atom. The summed E-state index contributed by atoms with van der Waals surface area (Å²) in [6.45, 7) is 2.89. The molecule has 0 unspecified atom stereocenters. The fourth-order valence-corrected chi connectivity index (χ4v) is 2.46. The maximum Gasteiger partial charge on any atom is 0.0600 e. The summed E-state index contributed by atoms with van der Waals surface area (Å²) in [4.78, 5) is 2.16. The molecular weight excluding hydrogens is 288 g/mol. The number of nitrogen functional groups attached to an aromatic ring is 1. The third kappa shape index (κ3) is 3.05. The van der Waals surface area contributed by atoms with Crippen LogP contribution in [0.25, 0.3) is 0 Å². The van der Waals surface area contributed by atoms with Crippen molar-refractivity contribution in [2.24, 2.45) is 0 Å². The summed E-state index contributed by atoms with van der Waals surface area (Å²) in [5, 5.41) is 0. The van der Waals surface area contributed by atoms with Gasteiger partial charge in [-0.05, 0) is 42.3 Å². The molecule has 0 bridgehead atoms. The Morgan fingerprint density at radius 3 is 2.61 bits per heavy atom. The van der Waals surface area contributed by atoms with E-state index in [-0.39, 0.29) is 0 Å². The molecule has 0 heterocycles. The lowest BCUT2D eigenvalue weighted by molar-refractivity contribution is 0.923. The summed E-state index contributed by atoms with van der Waals surface area (Å²) >= 11 is 3.49. The summed E-state index contributed by atoms with van der Waals surface area (Å²) in [6, 6.07) is 14.5. The van der Waals surface area contributed by atoms with Crippen LogP contribution in [0.4, 0.5) is 11.4 Å². The first-order chi connectivity index (χ1) is 8.56. The highest BCUT2D eigenvalue weighted by Gasteiger charge is 2.06. The van der Waals surface area contributed by atoms with Crippen LogP contribution in [0.15, 0.2) is 46.9 Å². The van der Waals surface area contributed by atoms with Crippen molar-refractivity contribution in [1.29, 1.82) is 0 Å². The summed E-state index contributed by atoms with van der Waals surface area (Å²) in [7, 11) is 2.06. The van der Waals surface area contributed by atoms with Crippen LogP contribution in [-0.2, 0) is 6.54 Å². The van der Waals surface area contributed by atoms with E-state index < -0.39 is 0 Å². The molecule has 0 aliphatic rings. The first kappa shape index (κ1) is 13.0. The molecule has 0 amide bonds. The average molecular weight is 305 g/mol. The van der Waals surface area contributed by atoms with Crippen molar-refractivity contribution < 1.29 is 0 Å². The molecule has 94 valence electrons. The molecule has 0 aliphatic carbocycles. The summed E-state index contributed by atoms with van der Waals surface area (Å²) in [5.74, 6) is 0. The van der Waals surface area contributed by atoms with Crippen molar-refractivity contribution in [2.45, 2.75) is 13.5 Å². The van der Waals surface area contributed by atoms with Gasteiger partial charge in [0, 0.05) is 18.1 Å². The molecule has 18 heavy (non-hydrogen) atoms. The minimum Gasteiger partial charge on any atom is -0.397 e. The third-order valence-electron chi connectivity index (χ3n) is 2.90. The molecule has 0 saturated heterocycles. The highest BCUT2D eigenvalue weighted by Crippen LogP contribution is 2.25. The van der Waals surface area contributed by atoms with Crippen molar-refractivity contribution in [1.82, 2.24) is 0 Å². The largest absolute Gasteiger partial charge is 0.397 e. The number of hydrogen-bond acceptors (Lipinski definition) is 2. The number of anilines is 2. The molecule has 3 heteroatoms. The van der Waals surface area contributed by atoms with Crippen LogP contribution in [0.2, 0.25) is 0 Å². The summed E-state index contributed by atoms with van der Waals surface area (Å²) in [5.41, 5.74) is 10.4. The molecule has 2 aromatic rings. The molecule has 0 saturated carbocycles. The van der Waals surface area contributed by atoms with Crippen LogP contribution in [-0.4, -0.2) is 7.05 Å². The Balaban J connectivity index is 2.19. The van der Waals surface area contributed by atoms with Crippen LogP contribution in [0, 0.1) is 6.92 Å². The second-order valence-corrected chi connectivity index (χ2v) is 5.46. The molecule has 0 aromatic heterocycles. The van der Waals surface area contributed by atoms with Gasteiger partial charge in [0.1, 0.15) is 0 Å². The number of hydrogen-bond donors (Lipinski definition) is 1. The van der Waals surface area contributed by atoms with Gasteiger partial charge in [0.25, 0.3) is 0 Å². The van der Waals surface area contributed by atoms with E-state index in [1.54, 1.807) is 0 Å². The van der Waals surface area contributed by atoms with E-state index in [1.807, 2.05) is 18.2 Å². The molecular formula is C15H17BrN2. The van der Waals surface area contributed by atoms with Crippen LogP contribution in [0.3, 0.4) is 0 Å². The van der Waals surface area contributed by atoms with Gasteiger partial charge in [-0.3, -0.25) is 0 Å². The molecule has 2 aromatic carbocycles. The predicted octanol–water partition coefficient (Wildman–Crippen LogP) is 3.98. The second-order valence-electron chi connectivity index (χ2n) is 4.55. The maximum atomic E-state index is 6.05. The van der Waals surface area contributed by atoms with E-state index in [0.29, 0.717) is 0 Å².